The lowest BCUT2D eigenvalue weighted by atomic mass is 9.91. The highest BCUT2D eigenvalue weighted by atomic mass is 15.3. The molecule has 20 heavy (non-hydrogen) atoms. The fourth-order valence-corrected chi connectivity index (χ4v) is 3.00. The molecule has 0 spiro atoms. The van der Waals surface area contributed by atoms with Crippen molar-refractivity contribution in [2.45, 2.75) is 45.1 Å². The van der Waals surface area contributed by atoms with Crippen LogP contribution < -0.4 is 5.73 Å². The van der Waals surface area contributed by atoms with Crippen molar-refractivity contribution in [2.24, 2.45) is 5.73 Å². The molecule has 0 aromatic heterocycles. The minimum atomic E-state index is 0.211. The van der Waals surface area contributed by atoms with Gasteiger partial charge in [0, 0.05) is 51.4 Å². The summed E-state index contributed by atoms with van der Waals surface area (Å²) in [6, 6.07) is 0. The maximum Gasteiger partial charge on any atom is 0.0304 e. The predicted octanol–water partition coefficient (Wildman–Crippen LogP) is 1.46. The molecule has 4 nitrogen and oxygen atoms in total. The van der Waals surface area contributed by atoms with Gasteiger partial charge in [-0.1, -0.05) is 26.2 Å². The van der Waals surface area contributed by atoms with E-state index >= 15 is 0 Å². The molecule has 1 aliphatic heterocycles. The smallest absolute Gasteiger partial charge is 0.0304 e. The second kappa shape index (κ2) is 8.98. The zero-order chi connectivity index (χ0) is 15.0. The van der Waals surface area contributed by atoms with Crippen LogP contribution in [0, 0.1) is 0 Å². The lowest BCUT2D eigenvalue weighted by Crippen LogP contribution is -2.59. The number of piperazine rings is 1. The number of hydrogen-bond donors (Lipinski definition) is 1. The van der Waals surface area contributed by atoms with E-state index < -0.39 is 0 Å². The van der Waals surface area contributed by atoms with Crippen LogP contribution in [0.25, 0.3) is 0 Å². The van der Waals surface area contributed by atoms with Crippen molar-refractivity contribution in [2.75, 3.05) is 59.9 Å². The first-order valence-corrected chi connectivity index (χ1v) is 8.34. The SMILES string of the molecule is CCCCCC(C)(CN)N1CCN(CCN(C)C)CC1. The summed E-state index contributed by atoms with van der Waals surface area (Å²) in [7, 11) is 4.30. The monoisotopic (exact) mass is 284 g/mol. The second-order valence-corrected chi connectivity index (χ2v) is 6.79. The number of hydrogen-bond acceptors (Lipinski definition) is 4. The summed E-state index contributed by atoms with van der Waals surface area (Å²) >= 11 is 0. The molecule has 0 radical (unpaired) electrons. The molecule has 1 rings (SSSR count). The average molecular weight is 284 g/mol. The Kier molecular flexibility index (Phi) is 8.03. The Morgan fingerprint density at radius 2 is 1.75 bits per heavy atom. The van der Waals surface area contributed by atoms with Gasteiger partial charge in [0.15, 0.2) is 0 Å². The van der Waals surface area contributed by atoms with E-state index in [0.717, 1.165) is 13.1 Å². The van der Waals surface area contributed by atoms with Crippen molar-refractivity contribution in [3.05, 3.63) is 0 Å². The van der Waals surface area contributed by atoms with Crippen LogP contribution in [0.4, 0.5) is 0 Å². The second-order valence-electron chi connectivity index (χ2n) is 6.79. The molecule has 1 fully saturated rings. The molecule has 4 heteroatoms. The van der Waals surface area contributed by atoms with Crippen molar-refractivity contribution in [3.63, 3.8) is 0 Å². The molecule has 120 valence electrons. The van der Waals surface area contributed by atoms with Crippen molar-refractivity contribution in [1.29, 1.82) is 0 Å². The number of unbranched alkanes of at least 4 members (excludes halogenated alkanes) is 2. The summed E-state index contributed by atoms with van der Waals surface area (Å²) in [6.07, 6.45) is 5.18. The fourth-order valence-electron chi connectivity index (χ4n) is 3.00. The van der Waals surface area contributed by atoms with E-state index in [0.29, 0.717) is 0 Å². The van der Waals surface area contributed by atoms with Gasteiger partial charge in [0.25, 0.3) is 0 Å². The van der Waals surface area contributed by atoms with Gasteiger partial charge in [-0.15, -0.1) is 0 Å². The molecule has 1 atom stereocenters. The van der Waals surface area contributed by atoms with Gasteiger partial charge in [0.05, 0.1) is 0 Å². The summed E-state index contributed by atoms with van der Waals surface area (Å²) in [5, 5.41) is 0. The number of nitrogens with zero attached hydrogens (tertiary/aromatic N) is 3. The highest BCUT2D eigenvalue weighted by Crippen LogP contribution is 2.23. The molecule has 1 heterocycles. The van der Waals surface area contributed by atoms with E-state index in [2.05, 4.69) is 42.6 Å². The quantitative estimate of drug-likeness (QED) is 0.650. The van der Waals surface area contributed by atoms with Gasteiger partial charge in [-0.25, -0.2) is 0 Å². The average Bonchev–Trinajstić information content (AvgIpc) is 2.45. The normalized spacial score (nSPS) is 21.3. The van der Waals surface area contributed by atoms with Gasteiger partial charge in [0.1, 0.15) is 0 Å². The first-order chi connectivity index (χ1) is 9.51. The first kappa shape index (κ1) is 17.9. The van der Waals surface area contributed by atoms with E-state index in [1.807, 2.05) is 0 Å². The highest BCUT2D eigenvalue weighted by molar-refractivity contribution is 4.90. The van der Waals surface area contributed by atoms with Gasteiger partial charge in [-0.3, -0.25) is 9.80 Å². The summed E-state index contributed by atoms with van der Waals surface area (Å²) in [4.78, 5) is 7.48. The van der Waals surface area contributed by atoms with Gasteiger partial charge in [-0.2, -0.15) is 0 Å². The zero-order valence-corrected chi connectivity index (χ0v) is 14.2. The summed E-state index contributed by atoms with van der Waals surface area (Å²) < 4.78 is 0. The molecular weight excluding hydrogens is 248 g/mol. The standard InChI is InChI=1S/C16H36N4/c1-5-6-7-8-16(2,15-17)20-13-11-19(12-14-20)10-9-18(3)4/h5-15,17H2,1-4H3. The molecule has 1 aliphatic rings. The zero-order valence-electron chi connectivity index (χ0n) is 14.2. The minimum absolute atomic E-state index is 0.211. The van der Waals surface area contributed by atoms with Crippen molar-refractivity contribution < 1.29 is 0 Å². The van der Waals surface area contributed by atoms with Crippen molar-refractivity contribution >= 4 is 0 Å². The molecule has 0 amide bonds. The molecule has 0 bridgehead atoms. The van der Waals surface area contributed by atoms with E-state index in [1.54, 1.807) is 0 Å². The van der Waals surface area contributed by atoms with Crippen molar-refractivity contribution in [1.82, 2.24) is 14.7 Å². The molecule has 0 saturated carbocycles. The third kappa shape index (κ3) is 5.68. The van der Waals surface area contributed by atoms with Crippen LogP contribution in [0.3, 0.4) is 0 Å². The molecule has 2 N–H and O–H groups in total. The van der Waals surface area contributed by atoms with Crippen molar-refractivity contribution in [3.8, 4) is 0 Å². The Balaban J connectivity index is 2.37. The lowest BCUT2D eigenvalue weighted by Gasteiger charge is -2.46. The van der Waals surface area contributed by atoms with Gasteiger partial charge >= 0.3 is 0 Å². The van der Waals surface area contributed by atoms with Crippen LogP contribution >= 0.6 is 0 Å². The maximum atomic E-state index is 6.09. The van der Waals surface area contributed by atoms with E-state index in [-0.39, 0.29) is 5.54 Å². The van der Waals surface area contributed by atoms with E-state index in [1.165, 1.54) is 58.4 Å². The molecule has 0 aromatic carbocycles. The van der Waals surface area contributed by atoms with Crippen LogP contribution in [-0.4, -0.2) is 80.1 Å². The maximum absolute atomic E-state index is 6.09. The van der Waals surface area contributed by atoms with Crippen LogP contribution in [-0.2, 0) is 0 Å². The Labute approximate surface area is 126 Å². The van der Waals surface area contributed by atoms with Crippen LogP contribution in [0.2, 0.25) is 0 Å². The molecule has 0 aromatic rings. The molecule has 1 unspecified atom stereocenters. The third-order valence-corrected chi connectivity index (χ3v) is 4.76. The fraction of sp³-hybridized carbons (Fsp3) is 1.00. The Bertz CT molecular complexity index is 249. The van der Waals surface area contributed by atoms with Crippen LogP contribution in [0.15, 0.2) is 0 Å². The molecule has 0 aliphatic carbocycles. The molecule has 1 saturated heterocycles. The third-order valence-electron chi connectivity index (χ3n) is 4.76. The summed E-state index contributed by atoms with van der Waals surface area (Å²) in [6.45, 7) is 12.5. The topological polar surface area (TPSA) is 35.7 Å². The Morgan fingerprint density at radius 3 is 2.25 bits per heavy atom. The van der Waals surface area contributed by atoms with E-state index in [4.69, 9.17) is 5.73 Å². The predicted molar refractivity (Wildman–Crippen MR) is 88.2 cm³/mol. The molecular formula is C16H36N4. The Hall–Kier alpha value is -0.160. The van der Waals surface area contributed by atoms with Crippen LogP contribution in [0.1, 0.15) is 39.5 Å². The number of rotatable bonds is 9. The van der Waals surface area contributed by atoms with E-state index in [9.17, 15) is 0 Å². The largest absolute Gasteiger partial charge is 0.329 e. The number of nitrogens with two attached hydrogens (primary N) is 1. The first-order valence-electron chi connectivity index (χ1n) is 8.34. The lowest BCUT2D eigenvalue weighted by molar-refractivity contribution is 0.0381. The van der Waals surface area contributed by atoms with Gasteiger partial charge in [0.2, 0.25) is 0 Å². The summed E-state index contributed by atoms with van der Waals surface area (Å²) in [5.41, 5.74) is 6.30. The Morgan fingerprint density at radius 1 is 1.10 bits per heavy atom. The number of likely N-dealkylation sites (N-methyl/N-ethyl adjacent to an activating group) is 1. The summed E-state index contributed by atoms with van der Waals surface area (Å²) in [5.74, 6) is 0. The minimum Gasteiger partial charge on any atom is -0.329 e. The van der Waals surface area contributed by atoms with Gasteiger partial charge in [-0.05, 0) is 27.4 Å². The van der Waals surface area contributed by atoms with Gasteiger partial charge < -0.3 is 10.6 Å². The highest BCUT2D eigenvalue weighted by Gasteiger charge is 2.32. The van der Waals surface area contributed by atoms with Crippen LogP contribution in [0.5, 0.6) is 0 Å².